The monoisotopic (exact) mass is 308 g/mol. The maximum absolute atomic E-state index is 11.3. The van der Waals surface area contributed by atoms with Crippen molar-refractivity contribution < 1.29 is 0 Å². The molecule has 0 fully saturated rings. The molecule has 1 atom stereocenters. The molecule has 0 amide bonds. The fourth-order valence-electron chi connectivity index (χ4n) is 2.18. The number of hydrogen-bond donors (Lipinski definition) is 1. The number of halogens is 1. The van der Waals surface area contributed by atoms with Gasteiger partial charge in [0.25, 0.3) is 0 Å². The minimum absolute atomic E-state index is 0.0611. The number of aromatic amines is 1. The number of nitrogens with zero attached hydrogens (tertiary/aromatic N) is 3. The van der Waals surface area contributed by atoms with E-state index in [0.29, 0.717) is 6.54 Å². The first kappa shape index (κ1) is 13.3. The fourth-order valence-corrected chi connectivity index (χ4v) is 2.92. The van der Waals surface area contributed by atoms with Gasteiger partial charge in [-0.1, -0.05) is 11.3 Å². The Labute approximate surface area is 124 Å². The first-order valence-corrected chi connectivity index (χ1v) is 7.50. The summed E-state index contributed by atoms with van der Waals surface area (Å²) >= 11 is 7.37. The molecule has 1 N–H and O–H groups in total. The zero-order valence-electron chi connectivity index (χ0n) is 11.1. The molecule has 3 rings (SSSR count). The Morgan fingerprint density at radius 1 is 1.55 bits per heavy atom. The molecule has 3 aromatic heterocycles. The number of thiazole rings is 1. The molecule has 0 aliphatic heterocycles. The van der Waals surface area contributed by atoms with E-state index in [4.69, 9.17) is 11.6 Å². The van der Waals surface area contributed by atoms with Crippen molar-refractivity contribution in [2.24, 2.45) is 0 Å². The van der Waals surface area contributed by atoms with Gasteiger partial charge in [-0.2, -0.15) is 0 Å². The van der Waals surface area contributed by atoms with Crippen molar-refractivity contribution in [1.29, 1.82) is 0 Å². The van der Waals surface area contributed by atoms with Crippen molar-refractivity contribution in [2.45, 2.75) is 25.8 Å². The molecule has 5 nitrogen and oxygen atoms in total. The van der Waals surface area contributed by atoms with E-state index in [1.54, 1.807) is 6.20 Å². The van der Waals surface area contributed by atoms with E-state index in [1.165, 1.54) is 0 Å². The number of fused-ring (bicyclic) bond motifs is 1. The van der Waals surface area contributed by atoms with Crippen LogP contribution in [0.1, 0.15) is 29.4 Å². The topological polar surface area (TPSA) is 63.6 Å². The third kappa shape index (κ3) is 2.25. The van der Waals surface area contributed by atoms with Gasteiger partial charge in [-0.05, 0) is 25.5 Å². The molecule has 104 valence electrons. The number of rotatable bonds is 3. The van der Waals surface area contributed by atoms with Gasteiger partial charge in [-0.15, -0.1) is 11.6 Å². The molecule has 0 aromatic carbocycles. The van der Waals surface area contributed by atoms with Gasteiger partial charge >= 0.3 is 4.87 Å². The smallest absolute Gasteiger partial charge is 0.304 e. The number of aromatic nitrogens is 4. The molecule has 0 saturated heterocycles. The average Bonchev–Trinajstić information content (AvgIpc) is 2.96. The molecule has 20 heavy (non-hydrogen) atoms. The van der Waals surface area contributed by atoms with Gasteiger partial charge in [0, 0.05) is 17.3 Å². The van der Waals surface area contributed by atoms with Gasteiger partial charge in [0.2, 0.25) is 0 Å². The molecule has 3 aromatic rings. The summed E-state index contributed by atoms with van der Waals surface area (Å²) in [5.41, 5.74) is 3.54. The van der Waals surface area contributed by atoms with Crippen molar-refractivity contribution in [2.75, 3.05) is 0 Å². The van der Waals surface area contributed by atoms with Crippen molar-refractivity contribution >= 4 is 34.1 Å². The molecule has 0 spiro atoms. The lowest BCUT2D eigenvalue weighted by Gasteiger charge is -2.08. The lowest BCUT2D eigenvalue weighted by Crippen LogP contribution is -2.08. The lowest BCUT2D eigenvalue weighted by molar-refractivity contribution is 0.723. The highest BCUT2D eigenvalue weighted by molar-refractivity contribution is 7.07. The highest BCUT2D eigenvalue weighted by atomic mass is 35.5. The van der Waals surface area contributed by atoms with Gasteiger partial charge in [0.1, 0.15) is 11.3 Å². The van der Waals surface area contributed by atoms with Crippen LogP contribution >= 0.6 is 22.9 Å². The second-order valence-electron chi connectivity index (χ2n) is 4.65. The van der Waals surface area contributed by atoms with Crippen LogP contribution < -0.4 is 4.87 Å². The predicted molar refractivity (Wildman–Crippen MR) is 80.6 cm³/mol. The number of nitrogens with one attached hydrogen (secondary N) is 1. The van der Waals surface area contributed by atoms with Crippen molar-refractivity contribution in [3.8, 4) is 0 Å². The third-order valence-electron chi connectivity index (χ3n) is 3.12. The predicted octanol–water partition coefficient (Wildman–Crippen LogP) is 2.84. The van der Waals surface area contributed by atoms with E-state index in [9.17, 15) is 4.79 Å². The number of imidazole rings is 1. The van der Waals surface area contributed by atoms with Crippen LogP contribution in [0.3, 0.4) is 0 Å². The van der Waals surface area contributed by atoms with E-state index < -0.39 is 0 Å². The second-order valence-corrected chi connectivity index (χ2v) is 6.14. The number of H-pyrrole nitrogens is 1. The van der Waals surface area contributed by atoms with Crippen molar-refractivity contribution in [3.63, 3.8) is 0 Å². The van der Waals surface area contributed by atoms with Gasteiger partial charge in [0.15, 0.2) is 5.65 Å². The van der Waals surface area contributed by atoms with Gasteiger partial charge < -0.3 is 9.55 Å². The molecule has 0 saturated carbocycles. The van der Waals surface area contributed by atoms with Crippen LogP contribution in [-0.2, 0) is 6.54 Å². The highest BCUT2D eigenvalue weighted by Crippen LogP contribution is 2.25. The average molecular weight is 309 g/mol. The fraction of sp³-hybridized carbons (Fsp3) is 0.308. The van der Waals surface area contributed by atoms with E-state index in [-0.39, 0.29) is 10.3 Å². The van der Waals surface area contributed by atoms with Gasteiger partial charge in [-0.25, -0.2) is 9.97 Å². The van der Waals surface area contributed by atoms with E-state index in [1.807, 2.05) is 29.9 Å². The Bertz CT molecular complexity index is 817. The molecule has 0 bridgehead atoms. The van der Waals surface area contributed by atoms with E-state index in [0.717, 1.165) is 39.6 Å². The van der Waals surface area contributed by atoms with Crippen LogP contribution in [0.15, 0.2) is 22.4 Å². The quantitative estimate of drug-likeness (QED) is 0.757. The molecule has 0 aliphatic carbocycles. The van der Waals surface area contributed by atoms with Crippen LogP contribution in [0, 0.1) is 6.92 Å². The highest BCUT2D eigenvalue weighted by Gasteiger charge is 2.17. The van der Waals surface area contributed by atoms with E-state index in [2.05, 4.69) is 15.0 Å². The normalized spacial score (nSPS) is 12.9. The molecule has 0 aliphatic rings. The van der Waals surface area contributed by atoms with Crippen molar-refractivity contribution in [1.82, 2.24) is 19.5 Å². The zero-order chi connectivity index (χ0) is 14.3. The van der Waals surface area contributed by atoms with Crippen LogP contribution in [0.25, 0.3) is 11.2 Å². The Hall–Kier alpha value is -1.66. The Balaban J connectivity index is 2.18. The summed E-state index contributed by atoms with van der Waals surface area (Å²) in [5, 5.41) is 1.58. The zero-order valence-corrected chi connectivity index (χ0v) is 12.6. The van der Waals surface area contributed by atoms with Gasteiger partial charge in [-0.3, -0.25) is 4.79 Å². The number of alkyl halides is 1. The summed E-state index contributed by atoms with van der Waals surface area (Å²) in [4.78, 5) is 23.0. The molecule has 3 heterocycles. The third-order valence-corrected chi connectivity index (χ3v) is 4.03. The largest absolute Gasteiger partial charge is 0.315 e. The van der Waals surface area contributed by atoms with Crippen LogP contribution in [0.4, 0.5) is 0 Å². The Morgan fingerprint density at radius 2 is 2.35 bits per heavy atom. The summed E-state index contributed by atoms with van der Waals surface area (Å²) in [6.45, 7) is 4.39. The standard InChI is InChI=1S/C13H13ClN4OS/c1-7-3-4-15-12-10(7)17-11(8(2)14)18(12)5-9-6-20-13(19)16-9/h3-4,6,8H,5H2,1-2H3,(H,16,19). The number of pyridine rings is 1. The molecule has 1 unspecified atom stereocenters. The molecular weight excluding hydrogens is 296 g/mol. The molecular formula is C13H13ClN4OS. The number of aryl methyl sites for hydroxylation is 1. The van der Waals surface area contributed by atoms with Crippen LogP contribution in [0.2, 0.25) is 0 Å². The lowest BCUT2D eigenvalue weighted by atomic mass is 10.3. The first-order chi connectivity index (χ1) is 9.56. The summed E-state index contributed by atoms with van der Waals surface area (Å²) in [7, 11) is 0. The van der Waals surface area contributed by atoms with E-state index >= 15 is 0 Å². The summed E-state index contributed by atoms with van der Waals surface area (Å²) < 4.78 is 1.96. The summed E-state index contributed by atoms with van der Waals surface area (Å²) in [6.07, 6.45) is 1.76. The summed E-state index contributed by atoms with van der Waals surface area (Å²) in [6, 6.07) is 1.93. The van der Waals surface area contributed by atoms with Crippen LogP contribution in [0.5, 0.6) is 0 Å². The van der Waals surface area contributed by atoms with Crippen molar-refractivity contribution in [3.05, 3.63) is 44.4 Å². The SMILES string of the molecule is Cc1ccnc2c1nc(C(C)Cl)n2Cc1csc(=O)[nH]1. The van der Waals surface area contributed by atoms with Gasteiger partial charge in [0.05, 0.1) is 11.9 Å². The molecule has 7 heteroatoms. The van der Waals surface area contributed by atoms with Crippen LogP contribution in [-0.4, -0.2) is 19.5 Å². The maximum atomic E-state index is 11.3. The second kappa shape index (κ2) is 5.03. The minimum Gasteiger partial charge on any atom is -0.315 e. The first-order valence-electron chi connectivity index (χ1n) is 6.18. The Kier molecular flexibility index (Phi) is 3.35. The Morgan fingerprint density at radius 3 is 3.00 bits per heavy atom. The minimum atomic E-state index is -0.228. The molecule has 0 radical (unpaired) electrons. The summed E-state index contributed by atoms with van der Waals surface area (Å²) in [5.74, 6) is 0.760. The number of hydrogen-bond acceptors (Lipinski definition) is 4. The maximum Gasteiger partial charge on any atom is 0.304 e.